The van der Waals surface area contributed by atoms with E-state index in [1.165, 1.54) is 16.1 Å². The summed E-state index contributed by atoms with van der Waals surface area (Å²) in [5, 5.41) is 13.6. The van der Waals surface area contributed by atoms with Crippen LogP contribution in [0.15, 0.2) is 47.8 Å². The van der Waals surface area contributed by atoms with Crippen molar-refractivity contribution in [2.45, 2.75) is 0 Å². The predicted octanol–water partition coefficient (Wildman–Crippen LogP) is 1.95. The fourth-order valence-corrected chi connectivity index (χ4v) is 2.15. The van der Waals surface area contributed by atoms with Crippen molar-refractivity contribution < 1.29 is 4.79 Å². The van der Waals surface area contributed by atoms with E-state index in [-0.39, 0.29) is 11.6 Å². The van der Waals surface area contributed by atoms with Gasteiger partial charge in [-0.15, -0.1) is 26.3 Å². The fourth-order valence-electron chi connectivity index (χ4n) is 1.49. The number of rotatable bonds is 3. The van der Waals surface area contributed by atoms with Crippen LogP contribution in [0, 0.1) is 0 Å². The largest absolute Gasteiger partial charge is 0.284 e. The molecule has 0 radical (unpaired) electrons. The smallest absolute Gasteiger partial charge is 0.246 e. The van der Waals surface area contributed by atoms with Gasteiger partial charge in [-0.1, -0.05) is 24.3 Å². The van der Waals surface area contributed by atoms with Gasteiger partial charge in [-0.05, 0) is 28.8 Å². The minimum atomic E-state index is -0.202. The van der Waals surface area contributed by atoms with Crippen molar-refractivity contribution in [3.05, 3.63) is 58.5 Å². The molecule has 0 amide bonds. The lowest BCUT2D eigenvalue weighted by atomic mass is 10.3. The monoisotopic (exact) mass is 256 g/mol. The molecular weight excluding hydrogens is 248 g/mol. The van der Waals surface area contributed by atoms with Crippen molar-refractivity contribution in [3.8, 4) is 5.69 Å². The third kappa shape index (κ3) is 1.93. The number of hydrogen-bond acceptors (Lipinski definition) is 5. The second-order valence-electron chi connectivity index (χ2n) is 3.54. The van der Waals surface area contributed by atoms with Gasteiger partial charge in [0.1, 0.15) is 0 Å². The summed E-state index contributed by atoms with van der Waals surface area (Å²) >= 11 is 1.36. The number of nitrogens with zero attached hydrogens (tertiary/aromatic N) is 4. The summed E-state index contributed by atoms with van der Waals surface area (Å²) in [5.74, 6) is -0.0894. The first-order valence-electron chi connectivity index (χ1n) is 5.28. The molecule has 0 saturated heterocycles. The Kier molecular flexibility index (Phi) is 2.70. The molecule has 5 nitrogen and oxygen atoms in total. The molecule has 2 heterocycles. The van der Waals surface area contributed by atoms with Gasteiger partial charge >= 0.3 is 0 Å². The number of carbonyl (C=O) groups is 1. The Morgan fingerprint density at radius 3 is 2.67 bits per heavy atom. The maximum atomic E-state index is 12.0. The zero-order valence-electron chi connectivity index (χ0n) is 9.22. The third-order valence-corrected chi connectivity index (χ3v) is 3.22. The summed E-state index contributed by atoms with van der Waals surface area (Å²) in [5.41, 5.74) is 0.773. The Bertz CT molecular complexity index is 660. The van der Waals surface area contributed by atoms with Crippen molar-refractivity contribution >= 4 is 17.1 Å². The molecule has 2 aromatic heterocycles. The standard InChI is InChI=1S/C12H8N4OS/c17-11(10-7-4-8-18-10)12-13-15-16(14-12)9-5-2-1-3-6-9/h1-8H. The van der Waals surface area contributed by atoms with E-state index < -0.39 is 0 Å². The lowest BCUT2D eigenvalue weighted by Crippen LogP contribution is -2.03. The number of benzene rings is 1. The summed E-state index contributed by atoms with van der Waals surface area (Å²) in [4.78, 5) is 13.9. The highest BCUT2D eigenvalue weighted by Crippen LogP contribution is 2.12. The highest BCUT2D eigenvalue weighted by atomic mass is 32.1. The zero-order valence-corrected chi connectivity index (χ0v) is 10.0. The Hall–Kier alpha value is -2.34. The molecular formula is C12H8N4OS. The van der Waals surface area contributed by atoms with Crippen LogP contribution in [-0.4, -0.2) is 26.0 Å². The maximum absolute atomic E-state index is 12.0. The number of thiophene rings is 1. The van der Waals surface area contributed by atoms with E-state index >= 15 is 0 Å². The van der Waals surface area contributed by atoms with Crippen LogP contribution < -0.4 is 0 Å². The van der Waals surface area contributed by atoms with Crippen LogP contribution in [0.2, 0.25) is 0 Å². The van der Waals surface area contributed by atoms with Gasteiger partial charge in [0.2, 0.25) is 11.6 Å². The maximum Gasteiger partial charge on any atom is 0.246 e. The first kappa shape index (κ1) is 10.8. The topological polar surface area (TPSA) is 60.7 Å². The van der Waals surface area contributed by atoms with Gasteiger partial charge in [-0.3, -0.25) is 4.79 Å². The molecule has 0 unspecified atom stereocenters. The quantitative estimate of drug-likeness (QED) is 0.672. The second-order valence-corrected chi connectivity index (χ2v) is 4.49. The minimum absolute atomic E-state index is 0.112. The average molecular weight is 256 g/mol. The number of carbonyl (C=O) groups excluding carboxylic acids is 1. The molecule has 88 valence electrons. The lowest BCUT2D eigenvalue weighted by molar-refractivity contribution is 0.103. The number of aromatic nitrogens is 4. The molecule has 0 fully saturated rings. The van der Waals surface area contributed by atoms with E-state index in [4.69, 9.17) is 0 Å². The number of ketones is 1. The molecule has 0 aliphatic heterocycles. The first-order chi connectivity index (χ1) is 8.84. The number of para-hydroxylation sites is 1. The molecule has 3 rings (SSSR count). The van der Waals surface area contributed by atoms with Crippen molar-refractivity contribution in [3.63, 3.8) is 0 Å². The molecule has 0 spiro atoms. The SMILES string of the molecule is O=C(c1nnn(-c2ccccc2)n1)c1cccs1. The normalized spacial score (nSPS) is 10.4. The van der Waals surface area contributed by atoms with E-state index in [1.807, 2.05) is 41.8 Å². The average Bonchev–Trinajstić information content (AvgIpc) is 3.10. The zero-order chi connectivity index (χ0) is 12.4. The van der Waals surface area contributed by atoms with Crippen LogP contribution in [0.5, 0.6) is 0 Å². The van der Waals surface area contributed by atoms with Gasteiger partial charge in [0.25, 0.3) is 0 Å². The van der Waals surface area contributed by atoms with Crippen LogP contribution in [-0.2, 0) is 0 Å². The molecule has 1 aromatic carbocycles. The fraction of sp³-hybridized carbons (Fsp3) is 0. The number of hydrogen-bond donors (Lipinski definition) is 0. The molecule has 0 N–H and O–H groups in total. The number of tetrazole rings is 1. The van der Waals surface area contributed by atoms with Gasteiger partial charge in [-0.2, -0.15) is 0 Å². The summed E-state index contributed by atoms with van der Waals surface area (Å²) in [7, 11) is 0. The highest BCUT2D eigenvalue weighted by molar-refractivity contribution is 7.12. The van der Waals surface area contributed by atoms with Gasteiger partial charge in [-0.25, -0.2) is 0 Å². The minimum Gasteiger partial charge on any atom is -0.284 e. The van der Waals surface area contributed by atoms with Crippen molar-refractivity contribution in [1.82, 2.24) is 20.2 Å². The van der Waals surface area contributed by atoms with E-state index in [1.54, 1.807) is 6.07 Å². The molecule has 6 heteroatoms. The summed E-state index contributed by atoms with van der Waals surface area (Å²) in [6, 6.07) is 12.9. The Morgan fingerprint density at radius 2 is 1.94 bits per heavy atom. The van der Waals surface area contributed by atoms with Gasteiger partial charge in [0.15, 0.2) is 0 Å². The molecule has 0 bridgehead atoms. The Morgan fingerprint density at radius 1 is 1.11 bits per heavy atom. The van der Waals surface area contributed by atoms with Crippen LogP contribution >= 0.6 is 11.3 Å². The van der Waals surface area contributed by atoms with Crippen LogP contribution in [0.1, 0.15) is 15.5 Å². The second kappa shape index (κ2) is 4.50. The molecule has 3 aromatic rings. The first-order valence-corrected chi connectivity index (χ1v) is 6.16. The molecule has 0 saturated carbocycles. The molecule has 18 heavy (non-hydrogen) atoms. The Labute approximate surface area is 107 Å². The van der Waals surface area contributed by atoms with Crippen LogP contribution in [0.3, 0.4) is 0 Å². The summed E-state index contributed by atoms with van der Waals surface area (Å²) < 4.78 is 0. The Balaban J connectivity index is 1.93. The van der Waals surface area contributed by atoms with E-state index in [0.29, 0.717) is 4.88 Å². The summed E-state index contributed by atoms with van der Waals surface area (Å²) in [6.07, 6.45) is 0. The lowest BCUT2D eigenvalue weighted by Gasteiger charge is -1.95. The van der Waals surface area contributed by atoms with Crippen LogP contribution in [0.4, 0.5) is 0 Å². The van der Waals surface area contributed by atoms with Crippen molar-refractivity contribution in [1.29, 1.82) is 0 Å². The van der Waals surface area contributed by atoms with E-state index in [0.717, 1.165) is 5.69 Å². The van der Waals surface area contributed by atoms with E-state index in [2.05, 4.69) is 15.4 Å². The van der Waals surface area contributed by atoms with Crippen LogP contribution in [0.25, 0.3) is 5.69 Å². The predicted molar refractivity (Wildman–Crippen MR) is 66.9 cm³/mol. The van der Waals surface area contributed by atoms with Gasteiger partial charge < -0.3 is 0 Å². The van der Waals surface area contributed by atoms with Gasteiger partial charge in [0, 0.05) is 0 Å². The van der Waals surface area contributed by atoms with Crippen molar-refractivity contribution in [2.24, 2.45) is 0 Å². The van der Waals surface area contributed by atoms with E-state index in [9.17, 15) is 4.79 Å². The highest BCUT2D eigenvalue weighted by Gasteiger charge is 2.16. The summed E-state index contributed by atoms with van der Waals surface area (Å²) in [6.45, 7) is 0. The van der Waals surface area contributed by atoms with Crippen molar-refractivity contribution in [2.75, 3.05) is 0 Å². The molecule has 0 aliphatic rings. The van der Waals surface area contributed by atoms with Gasteiger partial charge in [0.05, 0.1) is 10.6 Å². The molecule has 0 atom stereocenters. The molecule has 0 aliphatic carbocycles. The third-order valence-electron chi connectivity index (χ3n) is 2.35.